The van der Waals surface area contributed by atoms with Gasteiger partial charge in [-0.1, -0.05) is 29.8 Å². The van der Waals surface area contributed by atoms with Gasteiger partial charge in [-0.3, -0.25) is 4.90 Å². The van der Waals surface area contributed by atoms with Crippen molar-refractivity contribution < 1.29 is 14.6 Å². The summed E-state index contributed by atoms with van der Waals surface area (Å²) in [6.07, 6.45) is 0. The second-order valence-corrected chi connectivity index (χ2v) is 9.37. The fraction of sp³-hybridized carbons (Fsp3) is 0.259. The predicted octanol–water partition coefficient (Wildman–Crippen LogP) is 5.66. The van der Waals surface area contributed by atoms with Crippen molar-refractivity contribution in [2.45, 2.75) is 6.92 Å². The minimum absolute atomic E-state index is 0.257. The van der Waals surface area contributed by atoms with E-state index in [2.05, 4.69) is 41.4 Å². The van der Waals surface area contributed by atoms with E-state index in [1.807, 2.05) is 30.3 Å². The summed E-state index contributed by atoms with van der Waals surface area (Å²) in [5.74, 6) is 2.67. The summed E-state index contributed by atoms with van der Waals surface area (Å²) in [6, 6.07) is 21.7. The number of benzene rings is 3. The first-order valence-corrected chi connectivity index (χ1v) is 12.1. The normalized spacial score (nSPS) is 14.5. The number of phenolic OH excluding ortho intramolecular Hbond substituents is 1. The lowest BCUT2D eigenvalue weighted by atomic mass is 10.1. The van der Waals surface area contributed by atoms with Crippen molar-refractivity contribution >= 4 is 21.4 Å². The quantitative estimate of drug-likeness (QED) is 0.373. The second kappa shape index (κ2) is 9.83. The first-order chi connectivity index (χ1) is 16.2. The number of aromatic hydroxyl groups is 1. The van der Waals surface area contributed by atoms with Crippen LogP contribution in [0.25, 0.3) is 20.5 Å². The Morgan fingerprint density at radius 1 is 0.939 bits per heavy atom. The van der Waals surface area contributed by atoms with Gasteiger partial charge in [-0.25, -0.2) is 0 Å². The SMILES string of the molecule is Cc1ccc(-c2sc3cc(O)ccc3c2Oc2ccc(OCCN3CCNCC3)cc2)cc1. The van der Waals surface area contributed by atoms with Crippen LogP contribution in [0.1, 0.15) is 5.56 Å². The fourth-order valence-electron chi connectivity index (χ4n) is 4.01. The Balaban J connectivity index is 1.33. The lowest BCUT2D eigenvalue weighted by Gasteiger charge is -2.26. The van der Waals surface area contributed by atoms with E-state index in [0.29, 0.717) is 6.61 Å². The third-order valence-electron chi connectivity index (χ3n) is 5.87. The average molecular weight is 461 g/mol. The average Bonchev–Trinajstić information content (AvgIpc) is 3.18. The Morgan fingerprint density at radius 3 is 2.42 bits per heavy atom. The molecule has 1 fully saturated rings. The van der Waals surface area contributed by atoms with E-state index in [4.69, 9.17) is 9.47 Å². The third-order valence-corrected chi connectivity index (χ3v) is 7.05. The number of nitrogens with zero attached hydrogens (tertiary/aromatic N) is 1. The Labute approximate surface area is 198 Å². The van der Waals surface area contributed by atoms with Crippen LogP contribution in [0.2, 0.25) is 0 Å². The molecule has 3 aromatic carbocycles. The van der Waals surface area contributed by atoms with Gasteiger partial charge in [-0.15, -0.1) is 11.3 Å². The van der Waals surface area contributed by atoms with Gasteiger partial charge in [-0.05, 0) is 55.0 Å². The second-order valence-electron chi connectivity index (χ2n) is 8.32. The summed E-state index contributed by atoms with van der Waals surface area (Å²) in [4.78, 5) is 3.46. The van der Waals surface area contributed by atoms with E-state index in [1.165, 1.54) is 5.56 Å². The zero-order valence-corrected chi connectivity index (χ0v) is 19.5. The van der Waals surface area contributed by atoms with Gasteiger partial charge in [0.05, 0.1) is 4.88 Å². The van der Waals surface area contributed by atoms with Crippen molar-refractivity contribution in [2.75, 3.05) is 39.3 Å². The number of ether oxygens (including phenoxy) is 2. The molecule has 1 aliphatic heterocycles. The van der Waals surface area contributed by atoms with Crippen LogP contribution in [0.15, 0.2) is 66.7 Å². The number of hydrogen-bond donors (Lipinski definition) is 2. The summed E-state index contributed by atoms with van der Waals surface area (Å²) in [6.45, 7) is 7.94. The monoisotopic (exact) mass is 460 g/mol. The maximum atomic E-state index is 9.96. The van der Waals surface area contributed by atoms with Crippen LogP contribution in [0, 0.1) is 6.92 Å². The maximum Gasteiger partial charge on any atom is 0.153 e. The van der Waals surface area contributed by atoms with E-state index in [1.54, 1.807) is 23.5 Å². The van der Waals surface area contributed by atoms with Gasteiger partial charge in [0.2, 0.25) is 0 Å². The molecule has 0 bridgehead atoms. The van der Waals surface area contributed by atoms with Crippen LogP contribution in [-0.2, 0) is 0 Å². The molecule has 0 amide bonds. The van der Waals surface area contributed by atoms with Crippen molar-refractivity contribution in [3.05, 3.63) is 72.3 Å². The highest BCUT2D eigenvalue weighted by Gasteiger charge is 2.17. The predicted molar refractivity (Wildman–Crippen MR) is 135 cm³/mol. The van der Waals surface area contributed by atoms with Crippen LogP contribution < -0.4 is 14.8 Å². The molecule has 0 radical (unpaired) electrons. The standard InChI is InChI=1S/C27H28N2O3S/c1-19-2-4-20(5-3-19)27-26(24-11-6-21(30)18-25(24)33-27)32-23-9-7-22(8-10-23)31-17-16-29-14-12-28-13-15-29/h2-11,18,28,30H,12-17H2,1H3. The number of phenols is 1. The lowest BCUT2D eigenvalue weighted by Crippen LogP contribution is -2.44. The molecule has 4 aromatic rings. The summed E-state index contributed by atoms with van der Waals surface area (Å²) in [7, 11) is 0. The minimum Gasteiger partial charge on any atom is -0.508 e. The lowest BCUT2D eigenvalue weighted by molar-refractivity contribution is 0.191. The van der Waals surface area contributed by atoms with Gasteiger partial charge >= 0.3 is 0 Å². The number of aryl methyl sites for hydroxylation is 1. The Bertz CT molecular complexity index is 1210. The Hall–Kier alpha value is -3.06. The van der Waals surface area contributed by atoms with Gasteiger partial charge in [0, 0.05) is 42.8 Å². The Morgan fingerprint density at radius 2 is 1.67 bits per heavy atom. The number of rotatable bonds is 7. The van der Waals surface area contributed by atoms with Crippen molar-refractivity contribution in [1.82, 2.24) is 10.2 Å². The van der Waals surface area contributed by atoms with Gasteiger partial charge in [-0.2, -0.15) is 0 Å². The number of piperazine rings is 1. The van der Waals surface area contributed by atoms with Crippen molar-refractivity contribution in [2.24, 2.45) is 0 Å². The summed E-state index contributed by atoms with van der Waals surface area (Å²) in [5.41, 5.74) is 2.32. The fourth-order valence-corrected chi connectivity index (χ4v) is 5.18. The van der Waals surface area contributed by atoms with E-state index in [0.717, 1.165) is 70.5 Å². The molecule has 0 atom stereocenters. The van der Waals surface area contributed by atoms with E-state index in [-0.39, 0.29) is 5.75 Å². The van der Waals surface area contributed by atoms with Gasteiger partial charge in [0.1, 0.15) is 23.9 Å². The Kier molecular flexibility index (Phi) is 6.48. The highest BCUT2D eigenvalue weighted by Crippen LogP contribution is 2.47. The van der Waals surface area contributed by atoms with Crippen molar-refractivity contribution in [1.29, 1.82) is 0 Å². The van der Waals surface area contributed by atoms with Crippen molar-refractivity contribution in [3.8, 4) is 33.4 Å². The summed E-state index contributed by atoms with van der Waals surface area (Å²) in [5, 5.41) is 14.3. The van der Waals surface area contributed by atoms with Crippen LogP contribution in [0.5, 0.6) is 23.0 Å². The molecule has 0 aliphatic carbocycles. The molecule has 5 rings (SSSR count). The number of nitrogens with one attached hydrogen (secondary N) is 1. The number of hydrogen-bond acceptors (Lipinski definition) is 6. The first-order valence-electron chi connectivity index (χ1n) is 11.3. The first kappa shape index (κ1) is 21.8. The number of fused-ring (bicyclic) bond motifs is 1. The smallest absolute Gasteiger partial charge is 0.153 e. The largest absolute Gasteiger partial charge is 0.508 e. The van der Waals surface area contributed by atoms with E-state index >= 15 is 0 Å². The molecule has 1 saturated heterocycles. The summed E-state index contributed by atoms with van der Waals surface area (Å²) < 4.78 is 13.3. The highest BCUT2D eigenvalue weighted by atomic mass is 32.1. The number of thiophene rings is 1. The molecule has 2 N–H and O–H groups in total. The van der Waals surface area contributed by atoms with E-state index < -0.39 is 0 Å². The zero-order valence-electron chi connectivity index (χ0n) is 18.7. The maximum absolute atomic E-state index is 9.96. The van der Waals surface area contributed by atoms with E-state index in [9.17, 15) is 5.11 Å². The minimum atomic E-state index is 0.257. The topological polar surface area (TPSA) is 54.0 Å². The summed E-state index contributed by atoms with van der Waals surface area (Å²) >= 11 is 1.63. The molecule has 33 heavy (non-hydrogen) atoms. The van der Waals surface area contributed by atoms with Crippen LogP contribution >= 0.6 is 11.3 Å². The molecule has 0 saturated carbocycles. The van der Waals surface area contributed by atoms with Gasteiger partial charge in [0.25, 0.3) is 0 Å². The highest BCUT2D eigenvalue weighted by molar-refractivity contribution is 7.22. The van der Waals surface area contributed by atoms with Crippen LogP contribution in [0.4, 0.5) is 0 Å². The van der Waals surface area contributed by atoms with Crippen LogP contribution in [-0.4, -0.2) is 49.3 Å². The third kappa shape index (κ3) is 5.14. The molecule has 1 aromatic heterocycles. The molecular weight excluding hydrogens is 432 g/mol. The molecule has 2 heterocycles. The molecule has 6 heteroatoms. The molecular formula is C27H28N2O3S. The van der Waals surface area contributed by atoms with Crippen molar-refractivity contribution in [3.63, 3.8) is 0 Å². The molecule has 0 spiro atoms. The molecule has 5 nitrogen and oxygen atoms in total. The van der Waals surface area contributed by atoms with Gasteiger partial charge in [0.15, 0.2) is 5.75 Å². The molecule has 170 valence electrons. The molecule has 0 unspecified atom stereocenters. The zero-order chi connectivity index (χ0) is 22.6. The molecule has 1 aliphatic rings. The van der Waals surface area contributed by atoms with Crippen LogP contribution in [0.3, 0.4) is 0 Å². The van der Waals surface area contributed by atoms with Gasteiger partial charge < -0.3 is 19.9 Å².